The highest BCUT2D eigenvalue weighted by Crippen LogP contribution is 2.27. The maximum Gasteiger partial charge on any atom is 0.323 e. The van der Waals surface area contributed by atoms with E-state index in [1.807, 2.05) is 25.1 Å². The van der Waals surface area contributed by atoms with E-state index >= 15 is 0 Å². The zero-order valence-electron chi connectivity index (χ0n) is 11.3. The lowest BCUT2D eigenvalue weighted by molar-refractivity contribution is 0.612. The van der Waals surface area contributed by atoms with Crippen LogP contribution in [0, 0.1) is 12.7 Å². The van der Waals surface area contributed by atoms with Crippen LogP contribution in [0.15, 0.2) is 39.6 Å². The van der Waals surface area contributed by atoms with Crippen molar-refractivity contribution in [2.45, 2.75) is 13.5 Å². The third-order valence-corrected chi connectivity index (χ3v) is 3.93. The summed E-state index contributed by atoms with van der Waals surface area (Å²) in [5.41, 5.74) is 3.58. The number of anilines is 1. The minimum absolute atomic E-state index is 0.236. The van der Waals surface area contributed by atoms with Gasteiger partial charge in [0.2, 0.25) is 0 Å². The summed E-state index contributed by atoms with van der Waals surface area (Å²) in [5.74, 6) is -0.236. The summed E-state index contributed by atoms with van der Waals surface area (Å²) >= 11 is 3.44. The van der Waals surface area contributed by atoms with Crippen LogP contribution < -0.4 is 11.0 Å². The number of aromatic nitrogens is 2. The maximum absolute atomic E-state index is 13.7. The lowest BCUT2D eigenvalue weighted by Crippen LogP contribution is -2.03. The van der Waals surface area contributed by atoms with Crippen molar-refractivity contribution in [2.75, 3.05) is 5.32 Å². The van der Waals surface area contributed by atoms with E-state index in [1.165, 1.54) is 6.07 Å². The number of aryl methyl sites for hydroxylation is 1. The van der Waals surface area contributed by atoms with Crippen LogP contribution in [0.25, 0.3) is 11.0 Å². The quantitative estimate of drug-likeness (QED) is 0.675. The molecule has 1 aromatic heterocycles. The van der Waals surface area contributed by atoms with Gasteiger partial charge >= 0.3 is 5.69 Å². The Bertz CT molecular complexity index is 869. The van der Waals surface area contributed by atoms with Gasteiger partial charge in [-0.2, -0.15) is 0 Å². The van der Waals surface area contributed by atoms with Gasteiger partial charge in [0.05, 0.1) is 16.7 Å². The number of aromatic amines is 2. The molecule has 4 nitrogen and oxygen atoms in total. The third kappa shape index (κ3) is 2.85. The summed E-state index contributed by atoms with van der Waals surface area (Å²) in [6, 6.07) is 8.64. The average Bonchev–Trinajstić information content (AvgIpc) is 2.78. The molecule has 0 saturated carbocycles. The minimum Gasteiger partial charge on any atom is -0.380 e. The third-order valence-electron chi connectivity index (χ3n) is 3.27. The second-order valence-corrected chi connectivity index (χ2v) is 5.76. The van der Waals surface area contributed by atoms with Gasteiger partial charge in [-0.15, -0.1) is 0 Å². The molecule has 0 bridgehead atoms. The van der Waals surface area contributed by atoms with Gasteiger partial charge in [-0.1, -0.05) is 17.7 Å². The van der Waals surface area contributed by atoms with E-state index in [2.05, 4.69) is 31.2 Å². The van der Waals surface area contributed by atoms with Crippen molar-refractivity contribution >= 4 is 32.7 Å². The standard InChI is InChI=1S/C15H13BrFN3O/c1-8-2-3-11(17)9(4-8)7-18-12-6-14-13(5-10(12)16)19-15(21)20-14/h2-6,18H,7H2,1H3,(H2,19,20,21). The number of hydrogen-bond acceptors (Lipinski definition) is 2. The van der Waals surface area contributed by atoms with Crippen molar-refractivity contribution in [3.63, 3.8) is 0 Å². The molecule has 3 rings (SSSR count). The molecule has 3 aromatic rings. The molecular weight excluding hydrogens is 337 g/mol. The molecule has 3 N–H and O–H groups in total. The molecule has 0 aliphatic rings. The molecule has 0 amide bonds. The fourth-order valence-electron chi connectivity index (χ4n) is 2.22. The Kier molecular flexibility index (Phi) is 3.55. The van der Waals surface area contributed by atoms with Crippen molar-refractivity contribution in [1.29, 1.82) is 0 Å². The predicted molar refractivity (Wildman–Crippen MR) is 85.1 cm³/mol. The monoisotopic (exact) mass is 349 g/mol. The highest BCUT2D eigenvalue weighted by molar-refractivity contribution is 9.10. The maximum atomic E-state index is 13.7. The van der Waals surface area contributed by atoms with Crippen LogP contribution in [0.5, 0.6) is 0 Å². The summed E-state index contributed by atoms with van der Waals surface area (Å²) < 4.78 is 14.5. The molecule has 0 aliphatic carbocycles. The van der Waals surface area contributed by atoms with Gasteiger partial charge in [-0.3, -0.25) is 0 Å². The fourth-order valence-corrected chi connectivity index (χ4v) is 2.70. The number of nitrogens with one attached hydrogen (secondary N) is 3. The zero-order chi connectivity index (χ0) is 15.0. The van der Waals surface area contributed by atoms with Crippen molar-refractivity contribution in [3.05, 3.63) is 62.2 Å². The highest BCUT2D eigenvalue weighted by atomic mass is 79.9. The summed E-state index contributed by atoms with van der Waals surface area (Å²) in [6.07, 6.45) is 0. The first-order chi connectivity index (χ1) is 10.0. The van der Waals surface area contributed by atoms with Gasteiger partial charge in [-0.25, -0.2) is 9.18 Å². The Labute approximate surface area is 128 Å². The van der Waals surface area contributed by atoms with E-state index < -0.39 is 0 Å². The van der Waals surface area contributed by atoms with Crippen LogP contribution in [0.1, 0.15) is 11.1 Å². The number of rotatable bonds is 3. The van der Waals surface area contributed by atoms with Crippen molar-refractivity contribution in [1.82, 2.24) is 9.97 Å². The van der Waals surface area contributed by atoms with Crippen LogP contribution in [0.2, 0.25) is 0 Å². The SMILES string of the molecule is Cc1ccc(F)c(CNc2cc3[nH]c(=O)[nH]c3cc2Br)c1. The molecular formula is C15H13BrFN3O. The molecule has 0 unspecified atom stereocenters. The Morgan fingerprint density at radius 1 is 1.19 bits per heavy atom. The number of H-pyrrole nitrogens is 2. The molecule has 0 fully saturated rings. The lowest BCUT2D eigenvalue weighted by Gasteiger charge is -2.10. The van der Waals surface area contributed by atoms with E-state index in [-0.39, 0.29) is 11.5 Å². The molecule has 1 heterocycles. The Morgan fingerprint density at radius 3 is 2.67 bits per heavy atom. The first kappa shape index (κ1) is 13.9. The van der Waals surface area contributed by atoms with Gasteiger partial charge in [0, 0.05) is 16.6 Å². The number of benzene rings is 2. The van der Waals surface area contributed by atoms with Crippen molar-refractivity contribution < 1.29 is 4.39 Å². The smallest absolute Gasteiger partial charge is 0.323 e. The molecule has 21 heavy (non-hydrogen) atoms. The fraction of sp³-hybridized carbons (Fsp3) is 0.133. The van der Waals surface area contributed by atoms with E-state index in [0.29, 0.717) is 17.6 Å². The summed E-state index contributed by atoms with van der Waals surface area (Å²) in [4.78, 5) is 16.7. The van der Waals surface area contributed by atoms with Gasteiger partial charge < -0.3 is 15.3 Å². The summed E-state index contributed by atoms with van der Waals surface area (Å²) in [7, 11) is 0. The Balaban J connectivity index is 1.89. The zero-order valence-corrected chi connectivity index (χ0v) is 12.8. The predicted octanol–water partition coefficient (Wildman–Crippen LogP) is 3.68. The summed E-state index contributed by atoms with van der Waals surface area (Å²) in [5, 5.41) is 3.18. The van der Waals surface area contributed by atoms with E-state index in [9.17, 15) is 9.18 Å². The topological polar surface area (TPSA) is 60.7 Å². The second kappa shape index (κ2) is 5.37. The van der Waals surface area contributed by atoms with E-state index in [4.69, 9.17) is 0 Å². The molecule has 0 spiro atoms. The van der Waals surface area contributed by atoms with E-state index in [0.717, 1.165) is 21.2 Å². The van der Waals surface area contributed by atoms with Crippen molar-refractivity contribution in [3.8, 4) is 0 Å². The van der Waals surface area contributed by atoms with Gasteiger partial charge in [0.1, 0.15) is 5.82 Å². The number of fused-ring (bicyclic) bond motifs is 1. The average molecular weight is 350 g/mol. The molecule has 2 aromatic carbocycles. The van der Waals surface area contributed by atoms with E-state index in [1.54, 1.807) is 6.07 Å². The minimum atomic E-state index is -0.251. The van der Waals surface area contributed by atoms with Gasteiger partial charge in [0.25, 0.3) is 0 Å². The first-order valence-corrected chi connectivity index (χ1v) is 7.22. The second-order valence-electron chi connectivity index (χ2n) is 4.91. The molecule has 0 atom stereocenters. The van der Waals surface area contributed by atoms with Crippen LogP contribution in [-0.4, -0.2) is 9.97 Å². The van der Waals surface area contributed by atoms with Crippen molar-refractivity contribution in [2.24, 2.45) is 0 Å². The van der Waals surface area contributed by atoms with Crippen LogP contribution in [0.3, 0.4) is 0 Å². The Morgan fingerprint density at radius 2 is 1.90 bits per heavy atom. The van der Waals surface area contributed by atoms with Crippen LogP contribution in [0.4, 0.5) is 10.1 Å². The van der Waals surface area contributed by atoms with Crippen LogP contribution >= 0.6 is 15.9 Å². The van der Waals surface area contributed by atoms with Gasteiger partial charge in [-0.05, 0) is 41.1 Å². The first-order valence-electron chi connectivity index (χ1n) is 6.43. The Hall–Kier alpha value is -2.08. The molecule has 6 heteroatoms. The lowest BCUT2D eigenvalue weighted by atomic mass is 10.1. The number of halogens is 2. The number of imidazole rings is 1. The molecule has 0 saturated heterocycles. The molecule has 0 aliphatic heterocycles. The summed E-state index contributed by atoms with van der Waals surface area (Å²) in [6.45, 7) is 2.29. The van der Waals surface area contributed by atoms with Gasteiger partial charge in [0.15, 0.2) is 0 Å². The number of hydrogen-bond donors (Lipinski definition) is 3. The largest absolute Gasteiger partial charge is 0.380 e. The normalized spacial score (nSPS) is 11.0. The highest BCUT2D eigenvalue weighted by Gasteiger charge is 2.07. The molecule has 108 valence electrons. The van der Waals surface area contributed by atoms with Crippen LogP contribution in [-0.2, 0) is 6.54 Å². The molecule has 0 radical (unpaired) electrons.